The predicted octanol–water partition coefficient (Wildman–Crippen LogP) is 4.99. The molecule has 2 aromatic carbocycles. The van der Waals surface area contributed by atoms with E-state index in [0.717, 1.165) is 24.1 Å². The van der Waals surface area contributed by atoms with Crippen molar-refractivity contribution in [2.45, 2.75) is 51.1 Å². The van der Waals surface area contributed by atoms with E-state index in [4.69, 9.17) is 11.6 Å². The summed E-state index contributed by atoms with van der Waals surface area (Å²) in [4.78, 5) is 14.4. The number of anilines is 2. The zero-order valence-electron chi connectivity index (χ0n) is 19.3. The minimum absolute atomic E-state index is 0.0208. The highest BCUT2D eigenvalue weighted by Crippen LogP contribution is 2.33. The molecule has 1 atom stereocenters. The van der Waals surface area contributed by atoms with Gasteiger partial charge in [-0.25, -0.2) is 8.42 Å². The number of hydrogen-bond donors (Lipinski definition) is 1. The Morgan fingerprint density at radius 3 is 2.38 bits per heavy atom. The quantitative estimate of drug-likeness (QED) is 0.552. The number of hydrogen-bond acceptors (Lipinski definition) is 4. The third-order valence-corrected chi connectivity index (χ3v) is 8.09. The Morgan fingerprint density at radius 1 is 1.12 bits per heavy atom. The Balaban J connectivity index is 2.02. The van der Waals surface area contributed by atoms with Gasteiger partial charge in [-0.2, -0.15) is 4.31 Å². The van der Waals surface area contributed by atoms with Crippen LogP contribution in [0.5, 0.6) is 0 Å². The summed E-state index contributed by atoms with van der Waals surface area (Å²) in [6.07, 6.45) is 1.85. The predicted molar refractivity (Wildman–Crippen MR) is 131 cm³/mol. The topological polar surface area (TPSA) is 69.7 Å². The van der Waals surface area contributed by atoms with Crippen molar-refractivity contribution in [2.75, 3.05) is 24.3 Å². The van der Waals surface area contributed by atoms with Crippen LogP contribution in [0, 0.1) is 11.8 Å². The normalized spacial score (nSPS) is 15.1. The molecule has 1 unspecified atom stereocenters. The second kappa shape index (κ2) is 9.81. The van der Waals surface area contributed by atoms with Crippen LogP contribution < -0.4 is 10.2 Å². The average molecular weight is 478 g/mol. The summed E-state index contributed by atoms with van der Waals surface area (Å²) in [6.45, 7) is 6.10. The minimum Gasteiger partial charge on any atom is -0.377 e. The molecule has 1 amide bonds. The molecule has 1 aliphatic rings. The van der Waals surface area contributed by atoms with Gasteiger partial charge in [0.05, 0.1) is 4.90 Å². The maximum absolute atomic E-state index is 13.7. The molecule has 1 N–H and O–H groups in total. The summed E-state index contributed by atoms with van der Waals surface area (Å²) in [7, 11) is 0.0344. The molecular weight excluding hydrogens is 446 g/mol. The van der Waals surface area contributed by atoms with E-state index in [-0.39, 0.29) is 35.2 Å². The van der Waals surface area contributed by atoms with E-state index in [1.807, 2.05) is 58.0 Å². The van der Waals surface area contributed by atoms with Gasteiger partial charge in [0.25, 0.3) is 0 Å². The molecule has 0 aromatic heterocycles. The van der Waals surface area contributed by atoms with Gasteiger partial charge in [-0.05, 0) is 67.6 Å². The van der Waals surface area contributed by atoms with E-state index in [0.29, 0.717) is 10.7 Å². The zero-order chi connectivity index (χ0) is 23.6. The number of benzene rings is 2. The number of carbonyl (C=O) groups excluding carboxylic acids is 1. The molecule has 0 radical (unpaired) electrons. The highest BCUT2D eigenvalue weighted by atomic mass is 35.5. The summed E-state index contributed by atoms with van der Waals surface area (Å²) in [5, 5.41) is 3.35. The molecule has 0 bridgehead atoms. The molecular formula is C24H32ClN3O3S. The lowest BCUT2D eigenvalue weighted by Crippen LogP contribution is -2.41. The number of amides is 1. The Hall–Kier alpha value is -2.09. The average Bonchev–Trinajstić information content (AvgIpc) is 3.56. The van der Waals surface area contributed by atoms with Crippen LogP contribution in [0.4, 0.5) is 11.4 Å². The molecule has 8 heteroatoms. The Labute approximate surface area is 196 Å². The Kier molecular flexibility index (Phi) is 7.53. The maximum atomic E-state index is 13.7. The van der Waals surface area contributed by atoms with Crippen LogP contribution in [0.1, 0.15) is 39.2 Å². The van der Waals surface area contributed by atoms with Crippen molar-refractivity contribution in [1.29, 1.82) is 0 Å². The number of nitrogens with zero attached hydrogens (tertiary/aromatic N) is 2. The van der Waals surface area contributed by atoms with Gasteiger partial charge in [0, 0.05) is 49.0 Å². The van der Waals surface area contributed by atoms with Crippen molar-refractivity contribution < 1.29 is 13.2 Å². The molecule has 32 heavy (non-hydrogen) atoms. The minimum atomic E-state index is -3.80. The fraction of sp³-hybridized carbons (Fsp3) is 0.458. The number of rotatable bonds is 9. The zero-order valence-corrected chi connectivity index (χ0v) is 20.9. The first-order valence-corrected chi connectivity index (χ1v) is 12.7. The van der Waals surface area contributed by atoms with Crippen LogP contribution in [0.3, 0.4) is 0 Å². The Morgan fingerprint density at radius 2 is 1.81 bits per heavy atom. The van der Waals surface area contributed by atoms with Crippen LogP contribution in [0.2, 0.25) is 5.02 Å². The SMILES string of the molecule is CC(C)C(C)N(Cc1cc(NC(=O)C2CC2)ccc1N(C)C)S(=O)(=O)c1cccc(Cl)c1. The molecule has 0 saturated heterocycles. The van der Waals surface area contributed by atoms with Gasteiger partial charge < -0.3 is 10.2 Å². The van der Waals surface area contributed by atoms with Crippen molar-refractivity contribution in [3.05, 3.63) is 53.1 Å². The first-order valence-electron chi connectivity index (χ1n) is 10.9. The van der Waals surface area contributed by atoms with E-state index in [1.54, 1.807) is 18.2 Å². The maximum Gasteiger partial charge on any atom is 0.243 e. The molecule has 2 aromatic rings. The smallest absolute Gasteiger partial charge is 0.243 e. The van der Waals surface area contributed by atoms with E-state index in [1.165, 1.54) is 10.4 Å². The standard InChI is InChI=1S/C24H32ClN3O3S/c1-16(2)17(3)28(32(30,31)22-8-6-7-20(25)14-22)15-19-13-21(11-12-23(19)27(4)5)26-24(29)18-9-10-18/h6-8,11-14,16-18H,9-10,15H2,1-5H3,(H,26,29). The molecule has 0 aliphatic heterocycles. The summed E-state index contributed by atoms with van der Waals surface area (Å²) < 4.78 is 28.8. The third kappa shape index (κ3) is 5.63. The van der Waals surface area contributed by atoms with Crippen LogP contribution >= 0.6 is 11.6 Å². The van der Waals surface area contributed by atoms with Gasteiger partial charge in [0.15, 0.2) is 0 Å². The van der Waals surface area contributed by atoms with E-state index in [2.05, 4.69) is 5.32 Å². The molecule has 174 valence electrons. The molecule has 6 nitrogen and oxygen atoms in total. The molecule has 0 heterocycles. The second-order valence-corrected chi connectivity index (χ2v) is 11.3. The van der Waals surface area contributed by atoms with Crippen molar-refractivity contribution in [3.63, 3.8) is 0 Å². The summed E-state index contributed by atoms with van der Waals surface area (Å²) in [6, 6.07) is 11.8. The second-order valence-electron chi connectivity index (χ2n) is 8.99. The van der Waals surface area contributed by atoms with E-state index in [9.17, 15) is 13.2 Å². The van der Waals surface area contributed by atoms with Crippen molar-refractivity contribution in [3.8, 4) is 0 Å². The molecule has 1 aliphatic carbocycles. The number of sulfonamides is 1. The van der Waals surface area contributed by atoms with Crippen molar-refractivity contribution >= 4 is 38.9 Å². The van der Waals surface area contributed by atoms with Crippen molar-refractivity contribution in [1.82, 2.24) is 4.31 Å². The largest absolute Gasteiger partial charge is 0.377 e. The van der Waals surface area contributed by atoms with Crippen molar-refractivity contribution in [2.24, 2.45) is 11.8 Å². The lowest BCUT2D eigenvalue weighted by molar-refractivity contribution is -0.117. The van der Waals surface area contributed by atoms with Crippen LogP contribution in [-0.4, -0.2) is 38.8 Å². The molecule has 0 spiro atoms. The molecule has 1 fully saturated rings. The highest BCUT2D eigenvalue weighted by Gasteiger charge is 2.32. The Bertz CT molecular complexity index is 1080. The van der Waals surface area contributed by atoms with Gasteiger partial charge in [-0.3, -0.25) is 4.79 Å². The van der Waals surface area contributed by atoms with Crippen LogP contribution in [0.25, 0.3) is 0 Å². The fourth-order valence-corrected chi connectivity index (χ4v) is 5.57. The van der Waals surface area contributed by atoms with Gasteiger partial charge in [0.2, 0.25) is 15.9 Å². The van der Waals surface area contributed by atoms with Gasteiger partial charge in [-0.15, -0.1) is 0 Å². The fourth-order valence-electron chi connectivity index (χ4n) is 3.53. The summed E-state index contributed by atoms with van der Waals surface area (Å²) in [5.74, 6) is 0.213. The van der Waals surface area contributed by atoms with Crippen LogP contribution in [0.15, 0.2) is 47.4 Å². The van der Waals surface area contributed by atoms with E-state index >= 15 is 0 Å². The highest BCUT2D eigenvalue weighted by molar-refractivity contribution is 7.89. The van der Waals surface area contributed by atoms with Gasteiger partial charge in [0.1, 0.15) is 0 Å². The number of halogens is 1. The monoisotopic (exact) mass is 477 g/mol. The third-order valence-electron chi connectivity index (χ3n) is 5.92. The first kappa shape index (κ1) is 24.6. The van der Waals surface area contributed by atoms with Crippen LogP contribution in [-0.2, 0) is 21.4 Å². The van der Waals surface area contributed by atoms with Gasteiger partial charge >= 0.3 is 0 Å². The molecule has 1 saturated carbocycles. The van der Waals surface area contributed by atoms with E-state index < -0.39 is 10.0 Å². The lowest BCUT2D eigenvalue weighted by Gasteiger charge is -2.32. The lowest BCUT2D eigenvalue weighted by atomic mass is 10.1. The summed E-state index contributed by atoms with van der Waals surface area (Å²) in [5.41, 5.74) is 2.40. The van der Waals surface area contributed by atoms with Gasteiger partial charge in [-0.1, -0.05) is 31.5 Å². The number of carbonyl (C=O) groups is 1. The number of nitrogens with one attached hydrogen (secondary N) is 1. The molecule has 3 rings (SSSR count). The first-order chi connectivity index (χ1) is 15.0. The summed E-state index contributed by atoms with van der Waals surface area (Å²) >= 11 is 6.09.